The van der Waals surface area contributed by atoms with E-state index in [2.05, 4.69) is 0 Å². The Bertz CT molecular complexity index is 205. The molecule has 0 unspecified atom stereocenters. The number of aliphatic hydroxyl groups is 1. The molecule has 0 bridgehead atoms. The predicted molar refractivity (Wildman–Crippen MR) is 29.5 cm³/mol. The van der Waals surface area contributed by atoms with E-state index in [1.165, 1.54) is 0 Å². The smallest absolute Gasteiger partial charge is 0.302 e. The average molecular weight is 150 g/mol. The molecule has 0 aromatic heterocycles. The van der Waals surface area contributed by atoms with Crippen LogP contribution in [-0.2, 0) is 0 Å². The van der Waals surface area contributed by atoms with Crippen LogP contribution < -0.4 is 0 Å². The SMILES string of the molecule is OC1=CCC(F)(F)C(F)=C1. The minimum Gasteiger partial charge on any atom is -0.508 e. The summed E-state index contributed by atoms with van der Waals surface area (Å²) in [6.07, 6.45) is 0.535. The zero-order chi connectivity index (χ0) is 7.78. The Morgan fingerprint density at radius 1 is 1.50 bits per heavy atom. The van der Waals surface area contributed by atoms with E-state index in [0.29, 0.717) is 6.08 Å². The molecule has 0 amide bonds. The summed E-state index contributed by atoms with van der Waals surface area (Å²) in [5.74, 6) is -5.44. The van der Waals surface area contributed by atoms with Crippen molar-refractivity contribution in [3.63, 3.8) is 0 Å². The second-order valence-electron chi connectivity index (χ2n) is 2.03. The topological polar surface area (TPSA) is 20.2 Å². The van der Waals surface area contributed by atoms with Crippen molar-refractivity contribution in [2.24, 2.45) is 0 Å². The highest BCUT2D eigenvalue weighted by atomic mass is 19.3. The van der Waals surface area contributed by atoms with Gasteiger partial charge in [0.1, 0.15) is 5.76 Å². The van der Waals surface area contributed by atoms with Gasteiger partial charge in [-0.2, -0.15) is 8.78 Å². The molecule has 0 heterocycles. The van der Waals surface area contributed by atoms with Crippen molar-refractivity contribution >= 4 is 0 Å². The van der Waals surface area contributed by atoms with Crippen LogP contribution in [0.25, 0.3) is 0 Å². The molecule has 0 radical (unpaired) electrons. The molecule has 0 saturated carbocycles. The van der Waals surface area contributed by atoms with Crippen LogP contribution in [0.4, 0.5) is 13.2 Å². The third-order valence-corrected chi connectivity index (χ3v) is 1.19. The summed E-state index contributed by atoms with van der Waals surface area (Å²) >= 11 is 0. The van der Waals surface area contributed by atoms with Crippen LogP contribution in [0.2, 0.25) is 0 Å². The summed E-state index contributed by atoms with van der Waals surface area (Å²) in [4.78, 5) is 0. The van der Waals surface area contributed by atoms with E-state index in [4.69, 9.17) is 5.11 Å². The van der Waals surface area contributed by atoms with Gasteiger partial charge in [0.2, 0.25) is 0 Å². The Kier molecular flexibility index (Phi) is 1.46. The molecule has 0 spiro atoms. The van der Waals surface area contributed by atoms with Crippen LogP contribution >= 0.6 is 0 Å². The Morgan fingerprint density at radius 3 is 2.50 bits per heavy atom. The monoisotopic (exact) mass is 150 g/mol. The highest BCUT2D eigenvalue weighted by molar-refractivity contribution is 5.24. The Morgan fingerprint density at radius 2 is 2.10 bits per heavy atom. The van der Waals surface area contributed by atoms with E-state index in [1.807, 2.05) is 0 Å². The van der Waals surface area contributed by atoms with E-state index in [-0.39, 0.29) is 0 Å². The second kappa shape index (κ2) is 2.04. The van der Waals surface area contributed by atoms with Gasteiger partial charge >= 0.3 is 5.92 Å². The molecule has 1 aliphatic carbocycles. The highest BCUT2D eigenvalue weighted by Crippen LogP contribution is 2.33. The van der Waals surface area contributed by atoms with E-state index in [1.54, 1.807) is 0 Å². The van der Waals surface area contributed by atoms with Crippen molar-refractivity contribution in [2.75, 3.05) is 0 Å². The fourth-order valence-electron chi connectivity index (χ4n) is 0.625. The number of hydrogen-bond donors (Lipinski definition) is 1. The molecule has 0 fully saturated rings. The summed E-state index contributed by atoms with van der Waals surface area (Å²) in [5.41, 5.74) is 0. The van der Waals surface area contributed by atoms with Gasteiger partial charge < -0.3 is 5.11 Å². The summed E-state index contributed by atoms with van der Waals surface area (Å²) in [6, 6.07) is 0. The van der Waals surface area contributed by atoms with Gasteiger partial charge in [0.05, 0.1) is 0 Å². The summed E-state index contributed by atoms with van der Waals surface area (Å²) in [6.45, 7) is 0. The van der Waals surface area contributed by atoms with Gasteiger partial charge in [0.15, 0.2) is 5.83 Å². The molecule has 1 N–H and O–H groups in total. The van der Waals surface area contributed by atoms with E-state index in [9.17, 15) is 13.2 Å². The highest BCUT2D eigenvalue weighted by Gasteiger charge is 2.36. The molecule has 1 nitrogen and oxygen atoms in total. The molecule has 0 saturated heterocycles. The molecule has 0 aliphatic heterocycles. The standard InChI is InChI=1S/C6H5F3O/c7-5-3-4(10)1-2-6(5,8)9/h1,3,10H,2H2. The number of halogens is 3. The van der Waals surface area contributed by atoms with Crippen molar-refractivity contribution < 1.29 is 18.3 Å². The van der Waals surface area contributed by atoms with E-state index in [0.717, 1.165) is 6.08 Å². The molecular weight excluding hydrogens is 145 g/mol. The fraction of sp³-hybridized carbons (Fsp3) is 0.333. The van der Waals surface area contributed by atoms with Crippen molar-refractivity contribution in [1.82, 2.24) is 0 Å². The first kappa shape index (κ1) is 7.18. The molecule has 56 valence electrons. The minimum absolute atomic E-state index is 0.420. The van der Waals surface area contributed by atoms with Crippen LogP contribution in [0.5, 0.6) is 0 Å². The molecule has 4 heteroatoms. The number of aliphatic hydroxyl groups excluding tert-OH is 1. The number of allylic oxidation sites excluding steroid dienone is 3. The fourth-order valence-corrected chi connectivity index (χ4v) is 0.625. The van der Waals surface area contributed by atoms with Gasteiger partial charge in [0, 0.05) is 12.5 Å². The summed E-state index contributed by atoms with van der Waals surface area (Å²) < 4.78 is 36.5. The summed E-state index contributed by atoms with van der Waals surface area (Å²) in [5, 5.41) is 8.52. The Labute approximate surface area is 55.5 Å². The van der Waals surface area contributed by atoms with E-state index >= 15 is 0 Å². The van der Waals surface area contributed by atoms with Crippen LogP contribution in [-0.4, -0.2) is 11.0 Å². The maximum atomic E-state index is 12.2. The molecule has 10 heavy (non-hydrogen) atoms. The maximum Gasteiger partial charge on any atom is 0.302 e. The van der Waals surface area contributed by atoms with Crippen LogP contribution in [0.15, 0.2) is 23.7 Å². The quantitative estimate of drug-likeness (QED) is 0.561. The average Bonchev–Trinajstić information content (AvgIpc) is 1.81. The van der Waals surface area contributed by atoms with Crippen LogP contribution in [0.1, 0.15) is 6.42 Å². The van der Waals surface area contributed by atoms with Crippen molar-refractivity contribution in [1.29, 1.82) is 0 Å². The molecule has 0 atom stereocenters. The maximum absolute atomic E-state index is 12.2. The molecule has 0 aromatic rings. The van der Waals surface area contributed by atoms with Gasteiger partial charge in [-0.3, -0.25) is 0 Å². The Balaban J connectivity index is 2.88. The molecule has 1 aliphatic rings. The Hall–Kier alpha value is -0.930. The number of hydrogen-bond acceptors (Lipinski definition) is 1. The molecular formula is C6H5F3O. The number of rotatable bonds is 0. The van der Waals surface area contributed by atoms with Crippen molar-refractivity contribution in [3.8, 4) is 0 Å². The lowest BCUT2D eigenvalue weighted by Gasteiger charge is -2.14. The van der Waals surface area contributed by atoms with Gasteiger partial charge in [-0.15, -0.1) is 0 Å². The van der Waals surface area contributed by atoms with Crippen molar-refractivity contribution in [3.05, 3.63) is 23.7 Å². The zero-order valence-electron chi connectivity index (χ0n) is 4.94. The first-order chi connectivity index (χ1) is 4.52. The minimum atomic E-state index is -3.42. The zero-order valence-corrected chi connectivity index (χ0v) is 4.94. The molecule has 1 rings (SSSR count). The lowest BCUT2D eigenvalue weighted by molar-refractivity contribution is 0.0178. The third kappa shape index (κ3) is 1.15. The molecule has 0 aromatic carbocycles. The van der Waals surface area contributed by atoms with Crippen LogP contribution in [0.3, 0.4) is 0 Å². The van der Waals surface area contributed by atoms with E-state index < -0.39 is 23.9 Å². The van der Waals surface area contributed by atoms with Crippen LogP contribution in [0, 0.1) is 0 Å². The largest absolute Gasteiger partial charge is 0.508 e. The first-order valence-electron chi connectivity index (χ1n) is 2.67. The second-order valence-corrected chi connectivity index (χ2v) is 2.03. The van der Waals surface area contributed by atoms with Gasteiger partial charge in [-0.25, -0.2) is 4.39 Å². The lowest BCUT2D eigenvalue weighted by atomic mass is 10.1. The normalized spacial score (nSPS) is 23.5. The number of alkyl halides is 2. The first-order valence-corrected chi connectivity index (χ1v) is 2.67. The predicted octanol–water partition coefficient (Wildman–Crippen LogP) is 2.32. The third-order valence-electron chi connectivity index (χ3n) is 1.19. The lowest BCUT2D eigenvalue weighted by Crippen LogP contribution is -2.18. The van der Waals surface area contributed by atoms with Gasteiger partial charge in [-0.1, -0.05) is 0 Å². The van der Waals surface area contributed by atoms with Crippen molar-refractivity contribution in [2.45, 2.75) is 12.3 Å². The van der Waals surface area contributed by atoms with Gasteiger partial charge in [-0.05, 0) is 6.08 Å². The van der Waals surface area contributed by atoms with Gasteiger partial charge in [0.25, 0.3) is 0 Å². The summed E-state index contributed by atoms with van der Waals surface area (Å²) in [7, 11) is 0.